The van der Waals surface area contributed by atoms with Crippen LogP contribution in [0.3, 0.4) is 0 Å². The fraction of sp³-hybridized carbons (Fsp3) is 0.158. The van der Waals surface area contributed by atoms with Gasteiger partial charge in [-0.3, -0.25) is 4.79 Å². The number of thioether (sulfide) groups is 1. The molecule has 138 valence electrons. The lowest BCUT2D eigenvalue weighted by atomic mass is 10.0. The summed E-state index contributed by atoms with van der Waals surface area (Å²) >= 11 is 7.20. The number of anilines is 1. The summed E-state index contributed by atoms with van der Waals surface area (Å²) in [4.78, 5) is 12.3. The molecule has 0 fully saturated rings. The summed E-state index contributed by atoms with van der Waals surface area (Å²) in [5, 5.41) is 7.39. The van der Waals surface area contributed by atoms with Crippen LogP contribution in [0.4, 0.5) is 14.6 Å². The molecule has 0 radical (unpaired) electrons. The third-order valence-electron chi connectivity index (χ3n) is 4.32. The zero-order chi connectivity index (χ0) is 19.1. The minimum Gasteiger partial charge on any atom is -0.310 e. The fourth-order valence-electron chi connectivity index (χ4n) is 3.11. The van der Waals surface area contributed by atoms with Crippen molar-refractivity contribution in [3.63, 3.8) is 0 Å². The average Bonchev–Trinajstić information content (AvgIpc) is 2.84. The number of hydrogen-bond donors (Lipinski definition) is 1. The van der Waals surface area contributed by atoms with Gasteiger partial charge in [0.1, 0.15) is 17.5 Å². The second-order valence-corrected chi connectivity index (χ2v) is 7.67. The van der Waals surface area contributed by atoms with Gasteiger partial charge in [0.2, 0.25) is 5.91 Å². The van der Waals surface area contributed by atoms with Gasteiger partial charge >= 0.3 is 0 Å². The highest BCUT2D eigenvalue weighted by atomic mass is 35.5. The predicted octanol–water partition coefficient (Wildman–Crippen LogP) is 4.89. The van der Waals surface area contributed by atoms with Gasteiger partial charge in [0.05, 0.1) is 22.4 Å². The van der Waals surface area contributed by atoms with Crippen molar-refractivity contribution in [1.29, 1.82) is 0 Å². The summed E-state index contributed by atoms with van der Waals surface area (Å²) in [5.41, 5.74) is 2.18. The van der Waals surface area contributed by atoms with Crippen LogP contribution in [0.15, 0.2) is 42.5 Å². The lowest BCUT2D eigenvalue weighted by molar-refractivity contribution is -0.113. The molecule has 2 aromatic carbocycles. The third-order valence-corrected chi connectivity index (χ3v) is 5.82. The van der Waals surface area contributed by atoms with E-state index in [1.165, 1.54) is 17.8 Å². The number of carbonyl (C=O) groups is 1. The monoisotopic (exact) mass is 405 g/mol. The van der Waals surface area contributed by atoms with Crippen molar-refractivity contribution < 1.29 is 13.6 Å². The molecule has 0 saturated carbocycles. The number of benzene rings is 2. The number of nitrogens with one attached hydrogen (secondary N) is 1. The van der Waals surface area contributed by atoms with E-state index in [0.29, 0.717) is 27.8 Å². The van der Waals surface area contributed by atoms with Gasteiger partial charge in [-0.25, -0.2) is 13.5 Å². The van der Waals surface area contributed by atoms with E-state index in [4.69, 9.17) is 11.6 Å². The topological polar surface area (TPSA) is 46.9 Å². The number of halogens is 3. The van der Waals surface area contributed by atoms with Crippen LogP contribution in [0.25, 0.3) is 5.69 Å². The predicted molar refractivity (Wildman–Crippen MR) is 103 cm³/mol. The van der Waals surface area contributed by atoms with Crippen LogP contribution < -0.4 is 5.32 Å². The lowest BCUT2D eigenvalue weighted by Gasteiger charge is -2.16. The number of amides is 1. The van der Waals surface area contributed by atoms with Crippen LogP contribution in [0.2, 0.25) is 5.02 Å². The van der Waals surface area contributed by atoms with Gasteiger partial charge in [0, 0.05) is 16.1 Å². The molecule has 0 saturated heterocycles. The van der Waals surface area contributed by atoms with E-state index in [1.807, 2.05) is 0 Å². The summed E-state index contributed by atoms with van der Waals surface area (Å²) < 4.78 is 29.8. The molecule has 0 spiro atoms. The Morgan fingerprint density at radius 2 is 1.96 bits per heavy atom. The van der Waals surface area contributed by atoms with Gasteiger partial charge in [0.25, 0.3) is 0 Å². The standard InChI is InChI=1S/C19H14ClF2N3OS/c1-10-17-18(14-8-12(21)4-7-15(14)22)27-9-16(26)23-19(17)25(24-10)13-5-2-11(20)3-6-13/h2-8,18H,9H2,1H3,(H,23,26)/t18-/m1/s1. The van der Waals surface area contributed by atoms with Crippen LogP contribution in [0.5, 0.6) is 0 Å². The fourth-order valence-corrected chi connectivity index (χ4v) is 4.44. The summed E-state index contributed by atoms with van der Waals surface area (Å²) in [6.45, 7) is 1.79. The second kappa shape index (κ2) is 6.98. The number of nitrogens with zero attached hydrogens (tertiary/aromatic N) is 2. The molecule has 4 nitrogen and oxygen atoms in total. The Morgan fingerprint density at radius 3 is 2.70 bits per heavy atom. The van der Waals surface area contributed by atoms with Crippen molar-refractivity contribution in [3.8, 4) is 5.69 Å². The van der Waals surface area contributed by atoms with Crippen LogP contribution in [0, 0.1) is 18.6 Å². The molecule has 3 aromatic rings. The molecule has 27 heavy (non-hydrogen) atoms. The molecular weight excluding hydrogens is 392 g/mol. The first kappa shape index (κ1) is 18.0. The average molecular weight is 406 g/mol. The highest BCUT2D eigenvalue weighted by Gasteiger charge is 2.32. The van der Waals surface area contributed by atoms with Gasteiger partial charge in [-0.2, -0.15) is 5.10 Å². The number of fused-ring (bicyclic) bond motifs is 1. The molecule has 2 heterocycles. The van der Waals surface area contributed by atoms with Crippen LogP contribution >= 0.6 is 23.4 Å². The SMILES string of the molecule is Cc1nn(-c2ccc(Cl)cc2)c2c1[C@@H](c1cc(F)ccc1F)SCC(=O)N2. The minimum absolute atomic E-state index is 0.120. The summed E-state index contributed by atoms with van der Waals surface area (Å²) in [6.07, 6.45) is 0. The zero-order valence-electron chi connectivity index (χ0n) is 14.2. The third kappa shape index (κ3) is 3.33. The van der Waals surface area contributed by atoms with E-state index in [2.05, 4.69) is 10.4 Å². The molecule has 1 aliphatic rings. The number of aryl methyl sites for hydroxylation is 1. The zero-order valence-corrected chi connectivity index (χ0v) is 15.7. The molecule has 0 aliphatic carbocycles. The van der Waals surface area contributed by atoms with E-state index >= 15 is 0 Å². The van der Waals surface area contributed by atoms with Crippen molar-refractivity contribution in [2.24, 2.45) is 0 Å². The molecule has 1 atom stereocenters. The smallest absolute Gasteiger partial charge is 0.235 e. The Hall–Kier alpha value is -2.38. The van der Waals surface area contributed by atoms with Gasteiger partial charge in [-0.1, -0.05) is 11.6 Å². The van der Waals surface area contributed by atoms with Crippen molar-refractivity contribution in [2.45, 2.75) is 12.2 Å². The van der Waals surface area contributed by atoms with Crippen LogP contribution in [-0.4, -0.2) is 21.4 Å². The molecular formula is C19H14ClF2N3OS. The van der Waals surface area contributed by atoms with Crippen molar-refractivity contribution >= 4 is 35.1 Å². The Morgan fingerprint density at radius 1 is 1.22 bits per heavy atom. The van der Waals surface area contributed by atoms with Crippen LogP contribution in [0.1, 0.15) is 22.1 Å². The molecule has 0 bridgehead atoms. The van der Waals surface area contributed by atoms with Crippen molar-refractivity contribution in [3.05, 3.63) is 75.9 Å². The van der Waals surface area contributed by atoms with E-state index in [0.717, 1.165) is 12.1 Å². The number of rotatable bonds is 2. The molecule has 4 rings (SSSR count). The molecule has 1 N–H and O–H groups in total. The maximum Gasteiger partial charge on any atom is 0.235 e. The van der Waals surface area contributed by atoms with E-state index in [-0.39, 0.29) is 17.2 Å². The normalized spacial score (nSPS) is 16.6. The Labute approximate surface area is 163 Å². The van der Waals surface area contributed by atoms with Crippen molar-refractivity contribution in [2.75, 3.05) is 11.1 Å². The molecule has 1 aliphatic heterocycles. The number of carbonyl (C=O) groups excluding carboxylic acids is 1. The summed E-state index contributed by atoms with van der Waals surface area (Å²) in [5.74, 6) is -0.697. The quantitative estimate of drug-likeness (QED) is 0.660. The van der Waals surface area contributed by atoms with Crippen LogP contribution in [-0.2, 0) is 4.79 Å². The number of hydrogen-bond acceptors (Lipinski definition) is 3. The van der Waals surface area contributed by atoms with Gasteiger partial charge in [-0.05, 0) is 49.4 Å². The Kier molecular flexibility index (Phi) is 4.65. The number of aromatic nitrogens is 2. The van der Waals surface area contributed by atoms with Gasteiger partial charge in [-0.15, -0.1) is 11.8 Å². The minimum atomic E-state index is -0.560. The Balaban J connectivity index is 1.91. The highest BCUT2D eigenvalue weighted by molar-refractivity contribution is 8.00. The second-order valence-electron chi connectivity index (χ2n) is 6.14. The first-order valence-corrected chi connectivity index (χ1v) is 9.58. The Bertz CT molecular complexity index is 1040. The maximum absolute atomic E-state index is 14.5. The van der Waals surface area contributed by atoms with Gasteiger partial charge in [0.15, 0.2) is 0 Å². The molecule has 0 unspecified atom stereocenters. The van der Waals surface area contributed by atoms with Gasteiger partial charge < -0.3 is 5.32 Å². The lowest BCUT2D eigenvalue weighted by Crippen LogP contribution is -2.15. The highest BCUT2D eigenvalue weighted by Crippen LogP contribution is 2.44. The molecule has 1 aromatic heterocycles. The first-order chi connectivity index (χ1) is 12.9. The van der Waals surface area contributed by atoms with E-state index in [1.54, 1.807) is 35.9 Å². The molecule has 8 heteroatoms. The first-order valence-electron chi connectivity index (χ1n) is 8.16. The summed E-state index contributed by atoms with van der Waals surface area (Å²) in [6, 6.07) is 10.3. The van der Waals surface area contributed by atoms with E-state index < -0.39 is 16.9 Å². The van der Waals surface area contributed by atoms with E-state index in [9.17, 15) is 13.6 Å². The van der Waals surface area contributed by atoms with Crippen molar-refractivity contribution in [1.82, 2.24) is 9.78 Å². The summed E-state index contributed by atoms with van der Waals surface area (Å²) in [7, 11) is 0. The molecule has 1 amide bonds. The maximum atomic E-state index is 14.5. The largest absolute Gasteiger partial charge is 0.310 e.